The lowest BCUT2D eigenvalue weighted by Gasteiger charge is -2.18. The lowest BCUT2D eigenvalue weighted by atomic mass is 10.00. The Morgan fingerprint density at radius 1 is 1.27 bits per heavy atom. The molecule has 33 heavy (non-hydrogen) atoms. The van der Waals surface area contributed by atoms with Gasteiger partial charge in [-0.25, -0.2) is 9.97 Å². The quantitative estimate of drug-likeness (QED) is 0.446. The number of likely N-dealkylation sites (tertiary alicyclic amines) is 1. The molecular formula is C24H24N6O3. The fourth-order valence-corrected chi connectivity index (χ4v) is 4.17. The second-order valence-electron chi connectivity index (χ2n) is 8.08. The van der Waals surface area contributed by atoms with Crippen molar-refractivity contribution in [1.82, 2.24) is 30.0 Å². The van der Waals surface area contributed by atoms with Crippen LogP contribution in [0.15, 0.2) is 47.4 Å². The van der Waals surface area contributed by atoms with Crippen LogP contribution in [0.25, 0.3) is 22.3 Å². The van der Waals surface area contributed by atoms with Crippen LogP contribution in [0, 0.1) is 6.92 Å². The topological polar surface area (TPSA) is 107 Å². The summed E-state index contributed by atoms with van der Waals surface area (Å²) in [5.74, 6) is 1.73. The van der Waals surface area contributed by atoms with Crippen LogP contribution in [0.2, 0.25) is 0 Å². The molecule has 1 aromatic carbocycles. The molecule has 4 heterocycles. The maximum atomic E-state index is 12.9. The number of aromatic nitrogens is 5. The van der Waals surface area contributed by atoms with E-state index in [1.54, 1.807) is 6.20 Å². The summed E-state index contributed by atoms with van der Waals surface area (Å²) in [6, 6.07) is 9.63. The predicted molar refractivity (Wildman–Crippen MR) is 121 cm³/mol. The van der Waals surface area contributed by atoms with E-state index in [-0.39, 0.29) is 18.4 Å². The van der Waals surface area contributed by atoms with E-state index < -0.39 is 0 Å². The van der Waals surface area contributed by atoms with Crippen molar-refractivity contribution in [3.05, 3.63) is 60.1 Å². The van der Waals surface area contributed by atoms with Gasteiger partial charge >= 0.3 is 0 Å². The zero-order valence-electron chi connectivity index (χ0n) is 18.6. The first-order valence-electron chi connectivity index (χ1n) is 11.0. The van der Waals surface area contributed by atoms with Crippen LogP contribution in [0.5, 0.6) is 5.75 Å². The summed E-state index contributed by atoms with van der Waals surface area (Å²) < 4.78 is 11.2. The average molecular weight is 444 g/mol. The highest BCUT2D eigenvalue weighted by Crippen LogP contribution is 2.32. The molecule has 5 rings (SSSR count). The number of hydrogen-bond donors (Lipinski definition) is 0. The Labute approximate surface area is 190 Å². The minimum atomic E-state index is -0.0560. The Kier molecular flexibility index (Phi) is 5.68. The summed E-state index contributed by atoms with van der Waals surface area (Å²) in [6.45, 7) is 5.04. The van der Waals surface area contributed by atoms with Gasteiger partial charge in [-0.2, -0.15) is 4.98 Å². The van der Waals surface area contributed by atoms with Gasteiger partial charge in [-0.05, 0) is 25.5 Å². The highest BCUT2D eigenvalue weighted by atomic mass is 16.5. The van der Waals surface area contributed by atoms with E-state index in [9.17, 15) is 4.79 Å². The molecule has 3 aromatic heterocycles. The van der Waals surface area contributed by atoms with E-state index in [1.165, 1.54) is 6.33 Å². The number of nitrogens with zero attached hydrogens (tertiary/aromatic N) is 6. The Morgan fingerprint density at radius 3 is 3.00 bits per heavy atom. The maximum Gasteiger partial charge on any atom is 0.260 e. The van der Waals surface area contributed by atoms with Gasteiger partial charge in [0, 0.05) is 48.8 Å². The third-order valence-corrected chi connectivity index (χ3v) is 5.84. The predicted octanol–water partition coefficient (Wildman–Crippen LogP) is 3.34. The van der Waals surface area contributed by atoms with Gasteiger partial charge in [-0.3, -0.25) is 9.78 Å². The number of amides is 1. The van der Waals surface area contributed by atoms with Gasteiger partial charge in [-0.15, -0.1) is 0 Å². The van der Waals surface area contributed by atoms with Gasteiger partial charge < -0.3 is 14.2 Å². The molecule has 0 unspecified atom stereocenters. The zero-order chi connectivity index (χ0) is 22.8. The fourth-order valence-electron chi connectivity index (χ4n) is 4.17. The second kappa shape index (κ2) is 8.93. The Bertz CT molecular complexity index is 1300. The molecule has 0 radical (unpaired) electrons. The molecule has 0 bridgehead atoms. The summed E-state index contributed by atoms with van der Waals surface area (Å²) in [7, 11) is 0. The summed E-state index contributed by atoms with van der Waals surface area (Å²) in [5, 5.41) is 4.96. The van der Waals surface area contributed by atoms with Gasteiger partial charge in [0.2, 0.25) is 11.7 Å². The summed E-state index contributed by atoms with van der Waals surface area (Å²) in [6.07, 6.45) is 4.68. The standard InChI is InChI=1S/C24H24N6O3/c1-3-21-28-24(29-33-21)18-11-25-14-26-23(18)16-8-9-30(12-16)22(31)13-32-20-10-15(2)27-19-7-5-4-6-17(19)20/h4-7,10-11,14,16H,3,8-9,12-13H2,1-2H3/t16-/m1/s1. The normalized spacial score (nSPS) is 15.8. The van der Waals surface area contributed by atoms with Crippen LogP contribution >= 0.6 is 0 Å². The van der Waals surface area contributed by atoms with Crippen molar-refractivity contribution in [3.8, 4) is 17.1 Å². The van der Waals surface area contributed by atoms with Crippen LogP contribution in [0.3, 0.4) is 0 Å². The first-order valence-corrected chi connectivity index (χ1v) is 11.0. The molecular weight excluding hydrogens is 420 g/mol. The smallest absolute Gasteiger partial charge is 0.260 e. The molecule has 1 fully saturated rings. The van der Waals surface area contributed by atoms with Gasteiger partial charge in [0.25, 0.3) is 5.91 Å². The number of benzene rings is 1. The lowest BCUT2D eigenvalue weighted by Crippen LogP contribution is -2.33. The number of para-hydroxylation sites is 1. The van der Waals surface area contributed by atoms with Crippen LogP contribution in [-0.4, -0.2) is 55.6 Å². The molecule has 9 heteroatoms. The summed E-state index contributed by atoms with van der Waals surface area (Å²) >= 11 is 0. The van der Waals surface area contributed by atoms with E-state index in [0.29, 0.717) is 37.0 Å². The molecule has 0 N–H and O–H groups in total. The number of carbonyl (C=O) groups excluding carboxylic acids is 1. The monoisotopic (exact) mass is 444 g/mol. The van der Waals surface area contributed by atoms with Gasteiger partial charge in [0.15, 0.2) is 6.61 Å². The van der Waals surface area contributed by atoms with Crippen LogP contribution in [0.1, 0.15) is 36.5 Å². The Hall–Kier alpha value is -3.88. The average Bonchev–Trinajstić information content (AvgIpc) is 3.52. The molecule has 1 amide bonds. The van der Waals surface area contributed by atoms with Crippen molar-refractivity contribution >= 4 is 16.8 Å². The number of pyridine rings is 1. The molecule has 4 aromatic rings. The molecule has 0 saturated carbocycles. The molecule has 1 saturated heterocycles. The van der Waals surface area contributed by atoms with Crippen LogP contribution < -0.4 is 4.74 Å². The molecule has 1 aliphatic heterocycles. The number of rotatable bonds is 6. The third-order valence-electron chi connectivity index (χ3n) is 5.84. The number of aryl methyl sites for hydroxylation is 2. The van der Waals surface area contributed by atoms with Crippen molar-refractivity contribution in [2.75, 3.05) is 19.7 Å². The first kappa shape index (κ1) is 21.0. The molecule has 1 aliphatic rings. The van der Waals surface area contributed by atoms with Crippen LogP contribution in [-0.2, 0) is 11.2 Å². The van der Waals surface area contributed by atoms with Crippen molar-refractivity contribution in [2.45, 2.75) is 32.6 Å². The molecule has 1 atom stereocenters. The van der Waals surface area contributed by atoms with E-state index in [1.807, 2.05) is 49.1 Å². The Balaban J connectivity index is 1.28. The second-order valence-corrected chi connectivity index (χ2v) is 8.08. The van der Waals surface area contributed by atoms with Crippen molar-refractivity contribution in [2.24, 2.45) is 0 Å². The number of fused-ring (bicyclic) bond motifs is 1. The highest BCUT2D eigenvalue weighted by Gasteiger charge is 2.31. The summed E-state index contributed by atoms with van der Waals surface area (Å²) in [5.41, 5.74) is 3.28. The van der Waals surface area contributed by atoms with Crippen molar-refractivity contribution in [3.63, 3.8) is 0 Å². The number of carbonyl (C=O) groups is 1. The largest absolute Gasteiger partial charge is 0.483 e. The number of hydrogen-bond acceptors (Lipinski definition) is 8. The zero-order valence-corrected chi connectivity index (χ0v) is 18.6. The fraction of sp³-hybridized carbons (Fsp3) is 0.333. The maximum absolute atomic E-state index is 12.9. The first-order chi connectivity index (χ1) is 16.1. The molecule has 0 spiro atoms. The van der Waals surface area contributed by atoms with Gasteiger partial charge in [-0.1, -0.05) is 24.2 Å². The lowest BCUT2D eigenvalue weighted by molar-refractivity contribution is -0.132. The van der Waals surface area contributed by atoms with Crippen LogP contribution in [0.4, 0.5) is 0 Å². The number of ether oxygens (including phenoxy) is 1. The molecule has 0 aliphatic carbocycles. The SMILES string of the molecule is CCc1nc(-c2cncnc2[C@@H]2CCN(C(=O)COc3cc(C)nc4ccccc34)C2)no1. The van der Waals surface area contributed by atoms with E-state index >= 15 is 0 Å². The summed E-state index contributed by atoms with van der Waals surface area (Å²) in [4.78, 5) is 32.3. The molecule has 168 valence electrons. The Morgan fingerprint density at radius 2 is 2.15 bits per heavy atom. The van der Waals surface area contributed by atoms with E-state index in [0.717, 1.165) is 34.3 Å². The van der Waals surface area contributed by atoms with Gasteiger partial charge in [0.05, 0.1) is 16.8 Å². The van der Waals surface area contributed by atoms with E-state index in [2.05, 4.69) is 25.1 Å². The highest BCUT2D eigenvalue weighted by molar-refractivity contribution is 5.86. The third kappa shape index (κ3) is 4.26. The van der Waals surface area contributed by atoms with Crippen molar-refractivity contribution < 1.29 is 14.1 Å². The van der Waals surface area contributed by atoms with Gasteiger partial charge in [0.1, 0.15) is 12.1 Å². The minimum Gasteiger partial charge on any atom is -0.483 e. The van der Waals surface area contributed by atoms with Crippen molar-refractivity contribution in [1.29, 1.82) is 0 Å². The molecule has 9 nitrogen and oxygen atoms in total. The van der Waals surface area contributed by atoms with E-state index in [4.69, 9.17) is 9.26 Å². The minimum absolute atomic E-state index is 0.0263.